The Balaban J connectivity index is 1.60. The highest BCUT2D eigenvalue weighted by Gasteiger charge is 2.26. The SMILES string of the molecule is CCCCOc1c(Cl)cc(C(=O)NC2CCN(C(=O)c3ccoc3)CC2)cc1OCC. The van der Waals surface area contributed by atoms with E-state index in [1.54, 1.807) is 23.1 Å². The van der Waals surface area contributed by atoms with Gasteiger partial charge in [0.05, 0.1) is 30.1 Å². The van der Waals surface area contributed by atoms with Crippen molar-refractivity contribution in [1.29, 1.82) is 0 Å². The normalized spacial score (nSPS) is 14.4. The number of furan rings is 1. The minimum absolute atomic E-state index is 0.0179. The van der Waals surface area contributed by atoms with Gasteiger partial charge in [0.1, 0.15) is 6.26 Å². The van der Waals surface area contributed by atoms with Gasteiger partial charge in [-0.3, -0.25) is 9.59 Å². The molecule has 2 amide bonds. The van der Waals surface area contributed by atoms with Crippen molar-refractivity contribution in [3.05, 3.63) is 46.9 Å². The fraction of sp³-hybridized carbons (Fsp3) is 0.478. The Morgan fingerprint density at radius 2 is 1.97 bits per heavy atom. The Hall–Kier alpha value is -2.67. The van der Waals surface area contributed by atoms with Gasteiger partial charge in [-0.2, -0.15) is 0 Å². The van der Waals surface area contributed by atoms with Crippen molar-refractivity contribution in [2.24, 2.45) is 0 Å². The minimum Gasteiger partial charge on any atom is -0.490 e. The highest BCUT2D eigenvalue weighted by molar-refractivity contribution is 6.32. The molecule has 0 saturated carbocycles. The van der Waals surface area contributed by atoms with Crippen molar-refractivity contribution >= 4 is 23.4 Å². The molecule has 1 aliphatic rings. The van der Waals surface area contributed by atoms with E-state index < -0.39 is 0 Å². The third-order valence-corrected chi connectivity index (χ3v) is 5.48. The van der Waals surface area contributed by atoms with Gasteiger partial charge in [0.2, 0.25) is 0 Å². The molecule has 1 fully saturated rings. The van der Waals surface area contributed by atoms with Gasteiger partial charge in [0.15, 0.2) is 11.5 Å². The molecular formula is C23H29ClN2O5. The average Bonchev–Trinajstić information content (AvgIpc) is 3.30. The molecule has 2 heterocycles. The van der Waals surface area contributed by atoms with Gasteiger partial charge in [0.25, 0.3) is 11.8 Å². The van der Waals surface area contributed by atoms with Crippen LogP contribution in [-0.4, -0.2) is 49.1 Å². The Morgan fingerprint density at radius 1 is 1.19 bits per heavy atom. The molecule has 0 bridgehead atoms. The molecular weight excluding hydrogens is 420 g/mol. The first-order valence-corrected chi connectivity index (χ1v) is 11.1. The van der Waals surface area contributed by atoms with Gasteiger partial charge < -0.3 is 24.1 Å². The number of amides is 2. The molecule has 7 nitrogen and oxygen atoms in total. The summed E-state index contributed by atoms with van der Waals surface area (Å²) in [5.74, 6) is 0.671. The first-order chi connectivity index (χ1) is 15.0. The van der Waals surface area contributed by atoms with Gasteiger partial charge in [-0.05, 0) is 44.4 Å². The second-order valence-corrected chi connectivity index (χ2v) is 7.88. The maximum Gasteiger partial charge on any atom is 0.257 e. The molecule has 1 aromatic carbocycles. The Morgan fingerprint density at radius 3 is 2.61 bits per heavy atom. The zero-order valence-corrected chi connectivity index (χ0v) is 18.7. The van der Waals surface area contributed by atoms with Crippen LogP contribution in [0, 0.1) is 0 Å². The van der Waals surface area contributed by atoms with E-state index in [-0.39, 0.29) is 17.9 Å². The third-order valence-electron chi connectivity index (χ3n) is 5.20. The number of hydrogen-bond acceptors (Lipinski definition) is 5. The molecule has 0 radical (unpaired) electrons. The summed E-state index contributed by atoms with van der Waals surface area (Å²) in [6.45, 7) is 6.08. The first kappa shape index (κ1) is 23.0. The molecule has 1 saturated heterocycles. The molecule has 1 aromatic heterocycles. The number of nitrogens with zero attached hydrogens (tertiary/aromatic N) is 1. The lowest BCUT2D eigenvalue weighted by atomic mass is 10.0. The molecule has 8 heteroatoms. The summed E-state index contributed by atoms with van der Waals surface area (Å²) in [5, 5.41) is 3.40. The largest absolute Gasteiger partial charge is 0.490 e. The van der Waals surface area contributed by atoms with Crippen LogP contribution in [0.1, 0.15) is 60.2 Å². The first-order valence-electron chi connectivity index (χ1n) is 10.7. The van der Waals surface area contributed by atoms with Gasteiger partial charge in [-0.25, -0.2) is 0 Å². The lowest BCUT2D eigenvalue weighted by molar-refractivity contribution is 0.0697. The Kier molecular flexibility index (Phi) is 8.23. The molecule has 0 atom stereocenters. The van der Waals surface area contributed by atoms with E-state index in [1.165, 1.54) is 12.5 Å². The Labute approximate surface area is 187 Å². The van der Waals surface area contributed by atoms with Crippen LogP contribution >= 0.6 is 11.6 Å². The van der Waals surface area contributed by atoms with E-state index in [9.17, 15) is 9.59 Å². The summed E-state index contributed by atoms with van der Waals surface area (Å²) >= 11 is 6.40. The van der Waals surface area contributed by atoms with Crippen LogP contribution in [0.15, 0.2) is 35.1 Å². The summed E-state index contributed by atoms with van der Waals surface area (Å²) in [5.41, 5.74) is 0.968. The number of piperidine rings is 1. The number of likely N-dealkylation sites (tertiary alicyclic amines) is 1. The zero-order valence-electron chi connectivity index (χ0n) is 18.0. The predicted molar refractivity (Wildman–Crippen MR) is 118 cm³/mol. The summed E-state index contributed by atoms with van der Waals surface area (Å²) in [7, 11) is 0. The van der Waals surface area contributed by atoms with Gasteiger partial charge in [0, 0.05) is 24.7 Å². The summed E-state index contributed by atoms with van der Waals surface area (Å²) in [6, 6.07) is 4.92. The van der Waals surface area contributed by atoms with E-state index in [0.717, 1.165) is 12.8 Å². The zero-order chi connectivity index (χ0) is 22.2. The lowest BCUT2D eigenvalue weighted by Crippen LogP contribution is -2.46. The van der Waals surface area contributed by atoms with E-state index in [2.05, 4.69) is 12.2 Å². The standard InChI is InChI=1S/C23H29ClN2O5/c1-3-5-11-31-21-19(24)13-17(14-20(21)30-4-2)22(27)25-18-6-9-26(10-7-18)23(28)16-8-12-29-15-16/h8,12-15,18H,3-7,9-11H2,1-2H3,(H,25,27). The fourth-order valence-electron chi connectivity index (χ4n) is 3.49. The van der Waals surface area contributed by atoms with Crippen LogP contribution in [0.25, 0.3) is 0 Å². The van der Waals surface area contributed by atoms with Gasteiger partial charge in [-0.1, -0.05) is 24.9 Å². The van der Waals surface area contributed by atoms with E-state index in [0.29, 0.717) is 66.8 Å². The highest BCUT2D eigenvalue weighted by atomic mass is 35.5. The van der Waals surface area contributed by atoms with Crippen LogP contribution in [0.2, 0.25) is 5.02 Å². The van der Waals surface area contributed by atoms with Crippen molar-refractivity contribution in [2.45, 2.75) is 45.6 Å². The van der Waals surface area contributed by atoms with Crippen molar-refractivity contribution < 1.29 is 23.5 Å². The Bertz CT molecular complexity index is 876. The van der Waals surface area contributed by atoms with Crippen molar-refractivity contribution in [3.63, 3.8) is 0 Å². The molecule has 3 rings (SSSR count). The number of benzene rings is 1. The van der Waals surface area contributed by atoms with Crippen LogP contribution in [0.4, 0.5) is 0 Å². The number of nitrogens with one attached hydrogen (secondary N) is 1. The molecule has 168 valence electrons. The minimum atomic E-state index is -0.220. The summed E-state index contributed by atoms with van der Waals surface area (Å²) in [6.07, 6.45) is 6.22. The molecule has 2 aromatic rings. The summed E-state index contributed by atoms with van der Waals surface area (Å²) < 4.78 is 16.4. The number of carbonyl (C=O) groups is 2. The lowest BCUT2D eigenvalue weighted by Gasteiger charge is -2.32. The maximum absolute atomic E-state index is 12.8. The fourth-order valence-corrected chi connectivity index (χ4v) is 3.75. The van der Waals surface area contributed by atoms with E-state index in [1.807, 2.05) is 6.92 Å². The van der Waals surface area contributed by atoms with Gasteiger partial charge >= 0.3 is 0 Å². The average molecular weight is 449 g/mol. The van der Waals surface area contributed by atoms with Crippen LogP contribution in [0.3, 0.4) is 0 Å². The number of rotatable bonds is 9. The third kappa shape index (κ3) is 5.94. The number of hydrogen-bond donors (Lipinski definition) is 1. The molecule has 31 heavy (non-hydrogen) atoms. The van der Waals surface area contributed by atoms with Crippen LogP contribution in [0.5, 0.6) is 11.5 Å². The topological polar surface area (TPSA) is 81.0 Å². The van der Waals surface area contributed by atoms with E-state index >= 15 is 0 Å². The van der Waals surface area contributed by atoms with Crippen molar-refractivity contribution in [3.8, 4) is 11.5 Å². The van der Waals surface area contributed by atoms with Crippen LogP contribution < -0.4 is 14.8 Å². The number of ether oxygens (including phenoxy) is 2. The molecule has 1 aliphatic heterocycles. The molecule has 0 unspecified atom stereocenters. The quantitative estimate of drug-likeness (QED) is 0.569. The monoisotopic (exact) mass is 448 g/mol. The molecule has 0 spiro atoms. The molecule has 0 aliphatic carbocycles. The summed E-state index contributed by atoms with van der Waals surface area (Å²) in [4.78, 5) is 27.0. The van der Waals surface area contributed by atoms with Gasteiger partial charge in [-0.15, -0.1) is 0 Å². The number of unbranched alkanes of at least 4 members (excludes halogenated alkanes) is 1. The molecule has 1 N–H and O–H groups in total. The second-order valence-electron chi connectivity index (χ2n) is 7.47. The second kappa shape index (κ2) is 11.1. The smallest absolute Gasteiger partial charge is 0.257 e. The van der Waals surface area contributed by atoms with Crippen molar-refractivity contribution in [2.75, 3.05) is 26.3 Å². The highest BCUT2D eigenvalue weighted by Crippen LogP contribution is 2.37. The predicted octanol–water partition coefficient (Wildman–Crippen LogP) is 4.55. The van der Waals surface area contributed by atoms with Crippen molar-refractivity contribution in [1.82, 2.24) is 10.2 Å². The maximum atomic E-state index is 12.8. The van der Waals surface area contributed by atoms with E-state index in [4.69, 9.17) is 25.5 Å². The number of carbonyl (C=O) groups excluding carboxylic acids is 2. The van der Waals surface area contributed by atoms with Crippen LogP contribution in [-0.2, 0) is 0 Å². The number of halogens is 1.